The monoisotopic (exact) mass is 383 g/mol. The number of carbonyl (C=O) groups is 2. The lowest BCUT2D eigenvalue weighted by Gasteiger charge is -2.09. The van der Waals surface area contributed by atoms with E-state index in [1.54, 1.807) is 24.3 Å². The Bertz CT molecular complexity index is 903. The second kappa shape index (κ2) is 10.00. The van der Waals surface area contributed by atoms with Crippen LogP contribution in [0, 0.1) is 11.3 Å². The third kappa shape index (κ3) is 5.59. The Labute approximate surface area is 162 Å². The number of methoxy groups -OCH3 is 1. The number of carbonyl (C=O) groups excluding carboxylic acids is 2. The van der Waals surface area contributed by atoms with E-state index in [0.717, 1.165) is 5.56 Å². The fourth-order valence-corrected chi connectivity index (χ4v) is 2.53. The topological polar surface area (TPSA) is 91.2 Å². The van der Waals surface area contributed by atoms with Gasteiger partial charge in [-0.2, -0.15) is 5.26 Å². The maximum Gasteiger partial charge on any atom is 0.339 e. The molecule has 27 heavy (non-hydrogen) atoms. The standard InChI is InChI=1S/C20H18ClN3O3/c1-27-20(26)16-7-3-5-9-18(16)24-19(25)15(12-22)13-23-11-10-14-6-2-4-8-17(14)21/h2-9,13,23H,10-11H2,1H3,(H,24,25)/b15-13-. The number of ether oxygens (including phenoxy) is 1. The normalized spacial score (nSPS) is 10.6. The lowest BCUT2D eigenvalue weighted by atomic mass is 10.1. The molecule has 0 aromatic heterocycles. The minimum Gasteiger partial charge on any atom is -0.465 e. The molecule has 0 heterocycles. The second-order valence-corrected chi connectivity index (χ2v) is 5.86. The molecule has 1 amide bonds. The molecule has 2 aromatic rings. The fraction of sp³-hybridized carbons (Fsp3) is 0.150. The van der Waals surface area contributed by atoms with Crippen LogP contribution in [0.4, 0.5) is 5.69 Å². The lowest BCUT2D eigenvalue weighted by molar-refractivity contribution is -0.112. The van der Waals surface area contributed by atoms with Crippen LogP contribution in [-0.2, 0) is 16.0 Å². The van der Waals surface area contributed by atoms with Crippen molar-refractivity contribution in [1.29, 1.82) is 5.26 Å². The van der Waals surface area contributed by atoms with Crippen molar-refractivity contribution in [1.82, 2.24) is 5.32 Å². The first-order valence-electron chi connectivity index (χ1n) is 8.12. The van der Waals surface area contributed by atoms with E-state index in [2.05, 4.69) is 15.4 Å². The van der Waals surface area contributed by atoms with Crippen molar-refractivity contribution < 1.29 is 14.3 Å². The van der Waals surface area contributed by atoms with Crippen molar-refractivity contribution in [2.75, 3.05) is 19.0 Å². The van der Waals surface area contributed by atoms with Crippen LogP contribution in [0.25, 0.3) is 0 Å². The van der Waals surface area contributed by atoms with Crippen LogP contribution in [0.3, 0.4) is 0 Å². The Kier molecular flexibility index (Phi) is 7.41. The Hall–Kier alpha value is -3.30. The molecule has 0 fully saturated rings. The number of hydrogen-bond donors (Lipinski definition) is 2. The van der Waals surface area contributed by atoms with Crippen molar-refractivity contribution >= 4 is 29.2 Å². The van der Waals surface area contributed by atoms with Gasteiger partial charge in [0.25, 0.3) is 5.91 Å². The maximum absolute atomic E-state index is 12.3. The van der Waals surface area contributed by atoms with Crippen LogP contribution in [0.15, 0.2) is 60.3 Å². The molecular formula is C20H18ClN3O3. The molecular weight excluding hydrogens is 366 g/mol. The van der Waals surface area contributed by atoms with Gasteiger partial charge in [-0.15, -0.1) is 0 Å². The minimum absolute atomic E-state index is 0.117. The predicted octanol–water partition coefficient (Wildman–Crippen LogP) is 3.30. The molecule has 0 radical (unpaired) electrons. The summed E-state index contributed by atoms with van der Waals surface area (Å²) in [5.41, 5.74) is 1.33. The van der Waals surface area contributed by atoms with Gasteiger partial charge in [-0.05, 0) is 30.2 Å². The second-order valence-electron chi connectivity index (χ2n) is 5.46. The summed E-state index contributed by atoms with van der Waals surface area (Å²) in [6.07, 6.45) is 1.98. The highest BCUT2D eigenvalue weighted by atomic mass is 35.5. The smallest absolute Gasteiger partial charge is 0.339 e. The third-order valence-corrected chi connectivity index (χ3v) is 4.06. The fourth-order valence-electron chi connectivity index (χ4n) is 2.30. The molecule has 0 bridgehead atoms. The highest BCUT2D eigenvalue weighted by molar-refractivity contribution is 6.31. The molecule has 0 unspecified atom stereocenters. The largest absolute Gasteiger partial charge is 0.465 e. The molecule has 2 aromatic carbocycles. The van der Waals surface area contributed by atoms with Gasteiger partial charge in [0, 0.05) is 17.8 Å². The summed E-state index contributed by atoms with van der Waals surface area (Å²) in [4.78, 5) is 24.1. The van der Waals surface area contributed by atoms with Gasteiger partial charge >= 0.3 is 5.97 Å². The van der Waals surface area contributed by atoms with E-state index in [1.807, 2.05) is 24.3 Å². The van der Waals surface area contributed by atoms with Crippen molar-refractivity contribution in [2.45, 2.75) is 6.42 Å². The summed E-state index contributed by atoms with van der Waals surface area (Å²) in [7, 11) is 1.25. The Morgan fingerprint density at radius 1 is 1.19 bits per heavy atom. The van der Waals surface area contributed by atoms with E-state index in [0.29, 0.717) is 18.0 Å². The number of hydrogen-bond acceptors (Lipinski definition) is 5. The Morgan fingerprint density at radius 2 is 1.89 bits per heavy atom. The SMILES string of the molecule is COC(=O)c1ccccc1NC(=O)/C(C#N)=C\NCCc1ccccc1Cl. The van der Waals surface area contributed by atoms with Gasteiger partial charge in [0.05, 0.1) is 18.4 Å². The van der Waals surface area contributed by atoms with E-state index in [9.17, 15) is 14.9 Å². The van der Waals surface area contributed by atoms with Crippen LogP contribution in [0.5, 0.6) is 0 Å². The minimum atomic E-state index is -0.626. The van der Waals surface area contributed by atoms with Gasteiger partial charge in [0.2, 0.25) is 0 Å². The summed E-state index contributed by atoms with van der Waals surface area (Å²) in [5, 5.41) is 15.4. The number of rotatable bonds is 7. The summed E-state index contributed by atoms with van der Waals surface area (Å²) < 4.78 is 4.68. The van der Waals surface area contributed by atoms with Crippen LogP contribution in [0.1, 0.15) is 15.9 Å². The average Bonchev–Trinajstić information content (AvgIpc) is 2.69. The molecule has 0 spiro atoms. The molecule has 0 saturated heterocycles. The summed E-state index contributed by atoms with van der Waals surface area (Å²) in [6, 6.07) is 15.7. The highest BCUT2D eigenvalue weighted by Gasteiger charge is 2.15. The van der Waals surface area contributed by atoms with Gasteiger partial charge in [-0.1, -0.05) is 41.9 Å². The first-order valence-corrected chi connectivity index (χ1v) is 8.50. The summed E-state index contributed by atoms with van der Waals surface area (Å²) in [6.45, 7) is 0.501. The van der Waals surface area contributed by atoms with Gasteiger partial charge < -0.3 is 15.4 Å². The van der Waals surface area contributed by atoms with E-state index in [4.69, 9.17) is 11.6 Å². The molecule has 0 aliphatic heterocycles. The van der Waals surface area contributed by atoms with E-state index < -0.39 is 11.9 Å². The zero-order valence-corrected chi connectivity index (χ0v) is 15.4. The molecule has 2 rings (SSSR count). The highest BCUT2D eigenvalue weighted by Crippen LogP contribution is 2.17. The first-order chi connectivity index (χ1) is 13.1. The molecule has 6 nitrogen and oxygen atoms in total. The van der Waals surface area contributed by atoms with Crippen LogP contribution in [-0.4, -0.2) is 25.5 Å². The molecule has 2 N–H and O–H groups in total. The number of nitriles is 1. The summed E-state index contributed by atoms with van der Waals surface area (Å²) >= 11 is 6.09. The van der Waals surface area contributed by atoms with Crippen molar-refractivity contribution in [2.24, 2.45) is 0 Å². The number of nitrogens with one attached hydrogen (secondary N) is 2. The molecule has 0 aliphatic carbocycles. The van der Waals surface area contributed by atoms with Gasteiger partial charge in [0.1, 0.15) is 11.6 Å². The van der Waals surface area contributed by atoms with Gasteiger partial charge in [-0.25, -0.2) is 4.79 Å². The number of nitrogens with zero attached hydrogens (tertiary/aromatic N) is 1. The van der Waals surface area contributed by atoms with E-state index >= 15 is 0 Å². The number of anilines is 1. The van der Waals surface area contributed by atoms with Crippen molar-refractivity contribution in [3.63, 3.8) is 0 Å². The molecule has 0 saturated carbocycles. The van der Waals surface area contributed by atoms with Crippen LogP contribution < -0.4 is 10.6 Å². The number of para-hydroxylation sites is 1. The lowest BCUT2D eigenvalue weighted by Crippen LogP contribution is -2.19. The first kappa shape index (κ1) is 20.0. The van der Waals surface area contributed by atoms with Crippen LogP contribution >= 0.6 is 11.6 Å². The average molecular weight is 384 g/mol. The maximum atomic E-state index is 12.3. The van der Waals surface area contributed by atoms with E-state index in [1.165, 1.54) is 19.4 Å². The Morgan fingerprint density at radius 3 is 2.59 bits per heavy atom. The van der Waals surface area contributed by atoms with Crippen molar-refractivity contribution in [3.8, 4) is 6.07 Å². The molecule has 138 valence electrons. The number of esters is 1. The quantitative estimate of drug-likeness (QED) is 0.331. The third-order valence-electron chi connectivity index (χ3n) is 3.69. The molecule has 7 heteroatoms. The number of benzene rings is 2. The molecule has 0 aliphatic rings. The Balaban J connectivity index is 2.00. The van der Waals surface area contributed by atoms with E-state index in [-0.39, 0.29) is 16.8 Å². The van der Waals surface area contributed by atoms with Crippen LogP contribution in [0.2, 0.25) is 5.02 Å². The summed E-state index contributed by atoms with van der Waals surface area (Å²) in [5.74, 6) is -1.20. The number of halogens is 1. The van der Waals surface area contributed by atoms with Gasteiger partial charge in [0.15, 0.2) is 0 Å². The zero-order chi connectivity index (χ0) is 19.6. The van der Waals surface area contributed by atoms with Gasteiger partial charge in [-0.3, -0.25) is 4.79 Å². The number of amides is 1. The van der Waals surface area contributed by atoms with Crippen molar-refractivity contribution in [3.05, 3.63) is 76.5 Å². The predicted molar refractivity (Wildman–Crippen MR) is 103 cm³/mol. The zero-order valence-electron chi connectivity index (χ0n) is 14.7. The molecule has 0 atom stereocenters.